The molecule has 0 fully saturated rings. The number of carbonyl (C=O) groups excluding carboxylic acids is 1. The van der Waals surface area contributed by atoms with E-state index in [0.717, 1.165) is 11.3 Å². The van der Waals surface area contributed by atoms with Crippen molar-refractivity contribution in [2.45, 2.75) is 20.0 Å². The summed E-state index contributed by atoms with van der Waals surface area (Å²) in [6.45, 7) is 2.83. The van der Waals surface area contributed by atoms with Crippen molar-refractivity contribution in [3.63, 3.8) is 0 Å². The standard InChI is InChI=1S/C17H20N2O3/c1-13-6-7-16(11-19-13)22-12-14-4-2-5-15(10-14)17(21)18-8-3-9-20/h2,4-7,10-11,20H,3,8-9,12H2,1H3,(H,18,21). The van der Waals surface area contributed by atoms with Gasteiger partial charge in [0.15, 0.2) is 0 Å². The highest BCUT2D eigenvalue weighted by molar-refractivity contribution is 5.94. The zero-order chi connectivity index (χ0) is 15.8. The fourth-order valence-corrected chi connectivity index (χ4v) is 1.89. The first-order chi connectivity index (χ1) is 10.7. The van der Waals surface area contributed by atoms with E-state index in [4.69, 9.17) is 9.84 Å². The van der Waals surface area contributed by atoms with Crippen molar-refractivity contribution in [2.24, 2.45) is 0 Å². The van der Waals surface area contributed by atoms with Crippen molar-refractivity contribution >= 4 is 5.91 Å². The summed E-state index contributed by atoms with van der Waals surface area (Å²) < 4.78 is 5.65. The number of nitrogens with one attached hydrogen (secondary N) is 1. The minimum absolute atomic E-state index is 0.0682. The van der Waals surface area contributed by atoms with Gasteiger partial charge in [0.2, 0.25) is 0 Å². The molecule has 2 aromatic rings. The zero-order valence-electron chi connectivity index (χ0n) is 12.6. The van der Waals surface area contributed by atoms with E-state index in [9.17, 15) is 4.79 Å². The SMILES string of the molecule is Cc1ccc(OCc2cccc(C(=O)NCCCO)c2)cn1. The molecule has 1 heterocycles. The molecule has 116 valence electrons. The molecular weight excluding hydrogens is 280 g/mol. The Bertz CT molecular complexity index is 612. The molecule has 0 aliphatic rings. The van der Waals surface area contributed by atoms with Crippen LogP contribution in [-0.2, 0) is 6.61 Å². The summed E-state index contributed by atoms with van der Waals surface area (Å²) in [4.78, 5) is 16.1. The summed E-state index contributed by atoms with van der Waals surface area (Å²) >= 11 is 0. The number of rotatable bonds is 7. The largest absolute Gasteiger partial charge is 0.487 e. The molecule has 0 aliphatic carbocycles. The maximum Gasteiger partial charge on any atom is 0.251 e. The second-order valence-corrected chi connectivity index (χ2v) is 4.96. The number of nitrogens with zero attached hydrogens (tertiary/aromatic N) is 1. The van der Waals surface area contributed by atoms with E-state index in [1.54, 1.807) is 18.3 Å². The highest BCUT2D eigenvalue weighted by Gasteiger charge is 2.06. The van der Waals surface area contributed by atoms with Crippen molar-refractivity contribution in [1.82, 2.24) is 10.3 Å². The van der Waals surface area contributed by atoms with Crippen molar-refractivity contribution in [3.05, 3.63) is 59.4 Å². The van der Waals surface area contributed by atoms with Crippen LogP contribution >= 0.6 is 0 Å². The van der Waals surface area contributed by atoms with Crippen LogP contribution < -0.4 is 10.1 Å². The molecule has 1 amide bonds. The molecule has 0 spiro atoms. The molecule has 2 rings (SSSR count). The molecule has 0 radical (unpaired) electrons. The number of benzene rings is 1. The number of aliphatic hydroxyl groups is 1. The first-order valence-corrected chi connectivity index (χ1v) is 7.22. The van der Waals surface area contributed by atoms with Crippen LogP contribution in [0.25, 0.3) is 0 Å². The molecule has 0 atom stereocenters. The molecule has 2 N–H and O–H groups in total. The van der Waals surface area contributed by atoms with Crippen LogP contribution in [-0.4, -0.2) is 29.1 Å². The maximum absolute atomic E-state index is 11.9. The predicted molar refractivity (Wildman–Crippen MR) is 83.8 cm³/mol. The van der Waals surface area contributed by atoms with E-state index in [0.29, 0.717) is 30.9 Å². The molecule has 5 nitrogen and oxygen atoms in total. The average molecular weight is 300 g/mol. The molecular formula is C17H20N2O3. The van der Waals surface area contributed by atoms with Crippen LogP contribution in [0.15, 0.2) is 42.6 Å². The molecule has 0 unspecified atom stereocenters. The number of amides is 1. The van der Waals surface area contributed by atoms with Gasteiger partial charge in [0.1, 0.15) is 12.4 Å². The molecule has 0 aliphatic heterocycles. The third kappa shape index (κ3) is 4.86. The number of ether oxygens (including phenoxy) is 1. The first kappa shape index (κ1) is 16.0. The topological polar surface area (TPSA) is 71.5 Å². The Labute approximate surface area is 130 Å². The smallest absolute Gasteiger partial charge is 0.251 e. The van der Waals surface area contributed by atoms with Crippen molar-refractivity contribution in [1.29, 1.82) is 0 Å². The number of carbonyl (C=O) groups is 1. The van der Waals surface area contributed by atoms with Crippen molar-refractivity contribution in [2.75, 3.05) is 13.2 Å². The highest BCUT2D eigenvalue weighted by Crippen LogP contribution is 2.12. The lowest BCUT2D eigenvalue weighted by atomic mass is 10.1. The Hall–Kier alpha value is -2.40. The molecule has 22 heavy (non-hydrogen) atoms. The predicted octanol–water partition coefficient (Wildman–Crippen LogP) is 2.08. The number of aliphatic hydroxyl groups excluding tert-OH is 1. The third-order valence-corrected chi connectivity index (χ3v) is 3.10. The van der Waals surface area contributed by atoms with E-state index >= 15 is 0 Å². The Morgan fingerprint density at radius 1 is 1.32 bits per heavy atom. The lowest BCUT2D eigenvalue weighted by Crippen LogP contribution is -2.25. The van der Waals surface area contributed by atoms with E-state index in [-0.39, 0.29) is 12.5 Å². The highest BCUT2D eigenvalue weighted by atomic mass is 16.5. The van der Waals surface area contributed by atoms with Gasteiger partial charge in [0.25, 0.3) is 5.91 Å². The summed E-state index contributed by atoms with van der Waals surface area (Å²) in [5, 5.41) is 11.5. The maximum atomic E-state index is 11.9. The normalized spacial score (nSPS) is 10.3. The molecule has 0 saturated carbocycles. The molecule has 1 aromatic carbocycles. The van der Waals surface area contributed by atoms with Crippen molar-refractivity contribution in [3.8, 4) is 5.75 Å². The fourth-order valence-electron chi connectivity index (χ4n) is 1.89. The van der Waals surface area contributed by atoms with Gasteiger partial charge in [-0.3, -0.25) is 9.78 Å². The molecule has 1 aromatic heterocycles. The summed E-state index contributed by atoms with van der Waals surface area (Å²) in [7, 11) is 0. The van der Waals surface area contributed by atoms with E-state index in [1.165, 1.54) is 0 Å². The molecule has 5 heteroatoms. The van der Waals surface area contributed by atoms with Gasteiger partial charge in [-0.05, 0) is 43.2 Å². The molecule has 0 saturated heterocycles. The summed E-state index contributed by atoms with van der Waals surface area (Å²) in [5.41, 5.74) is 2.44. The Kier molecular flexibility index (Phi) is 5.91. The fraction of sp³-hybridized carbons (Fsp3) is 0.294. The van der Waals surface area contributed by atoms with E-state index in [2.05, 4.69) is 10.3 Å². The van der Waals surface area contributed by atoms with E-state index < -0.39 is 0 Å². The van der Waals surface area contributed by atoms with Gasteiger partial charge in [-0.2, -0.15) is 0 Å². The van der Waals surface area contributed by atoms with Crippen LogP contribution in [0, 0.1) is 6.92 Å². The van der Waals surface area contributed by atoms with Crippen LogP contribution in [0.3, 0.4) is 0 Å². The number of hydrogen-bond donors (Lipinski definition) is 2. The van der Waals surface area contributed by atoms with Gasteiger partial charge in [0.05, 0.1) is 6.20 Å². The number of hydrogen-bond acceptors (Lipinski definition) is 4. The number of aromatic nitrogens is 1. The van der Waals surface area contributed by atoms with Crippen molar-refractivity contribution < 1.29 is 14.6 Å². The number of pyridine rings is 1. The van der Waals surface area contributed by atoms with Gasteiger partial charge < -0.3 is 15.2 Å². The average Bonchev–Trinajstić information content (AvgIpc) is 2.55. The Morgan fingerprint density at radius 3 is 2.91 bits per heavy atom. The lowest BCUT2D eigenvalue weighted by Gasteiger charge is -2.08. The van der Waals surface area contributed by atoms with Crippen LogP contribution in [0.5, 0.6) is 5.75 Å². The first-order valence-electron chi connectivity index (χ1n) is 7.22. The minimum Gasteiger partial charge on any atom is -0.487 e. The molecule has 0 bridgehead atoms. The summed E-state index contributed by atoms with van der Waals surface area (Å²) in [5.74, 6) is 0.552. The minimum atomic E-state index is -0.146. The van der Waals surface area contributed by atoms with Gasteiger partial charge in [-0.25, -0.2) is 0 Å². The monoisotopic (exact) mass is 300 g/mol. The van der Waals surface area contributed by atoms with Crippen LogP contribution in [0.4, 0.5) is 0 Å². The lowest BCUT2D eigenvalue weighted by molar-refractivity contribution is 0.0951. The van der Waals surface area contributed by atoms with Gasteiger partial charge in [0, 0.05) is 24.4 Å². The Balaban J connectivity index is 1.93. The van der Waals surface area contributed by atoms with Gasteiger partial charge >= 0.3 is 0 Å². The Morgan fingerprint density at radius 2 is 2.18 bits per heavy atom. The van der Waals surface area contributed by atoms with Gasteiger partial charge in [-0.1, -0.05) is 12.1 Å². The van der Waals surface area contributed by atoms with E-state index in [1.807, 2.05) is 31.2 Å². The van der Waals surface area contributed by atoms with Crippen LogP contribution in [0.2, 0.25) is 0 Å². The quantitative estimate of drug-likeness (QED) is 0.768. The van der Waals surface area contributed by atoms with Crippen LogP contribution in [0.1, 0.15) is 28.0 Å². The second-order valence-electron chi connectivity index (χ2n) is 4.96. The number of aryl methyl sites for hydroxylation is 1. The summed E-state index contributed by atoms with van der Waals surface area (Å²) in [6.07, 6.45) is 2.23. The third-order valence-electron chi connectivity index (χ3n) is 3.10. The second kappa shape index (κ2) is 8.14. The zero-order valence-corrected chi connectivity index (χ0v) is 12.6. The van der Waals surface area contributed by atoms with Gasteiger partial charge in [-0.15, -0.1) is 0 Å². The summed E-state index contributed by atoms with van der Waals surface area (Å²) in [6, 6.07) is 11.1.